The molecule has 0 saturated heterocycles. The Kier molecular flexibility index (Phi) is 4.33. The molecule has 1 amide bonds. The number of aromatic nitrogens is 3. The van der Waals surface area contributed by atoms with E-state index in [9.17, 15) is 4.79 Å². The monoisotopic (exact) mass is 307 g/mol. The fourth-order valence-corrected chi connectivity index (χ4v) is 2.30. The van der Waals surface area contributed by atoms with Crippen molar-refractivity contribution in [3.63, 3.8) is 0 Å². The number of primary amides is 1. The van der Waals surface area contributed by atoms with Crippen LogP contribution in [0.1, 0.15) is 17.3 Å². The minimum absolute atomic E-state index is 0.449. The molecule has 0 radical (unpaired) electrons. The fraction of sp³-hybridized carbons (Fsp3) is 0.118. The van der Waals surface area contributed by atoms with Crippen LogP contribution >= 0.6 is 0 Å². The van der Waals surface area contributed by atoms with Crippen molar-refractivity contribution in [2.75, 3.05) is 5.32 Å². The minimum Gasteiger partial charge on any atom is -0.368 e. The zero-order valence-corrected chi connectivity index (χ0v) is 12.5. The zero-order chi connectivity index (χ0) is 16.1. The van der Waals surface area contributed by atoms with Gasteiger partial charge in [-0.2, -0.15) is 5.10 Å². The van der Waals surface area contributed by atoms with Gasteiger partial charge in [0.15, 0.2) is 0 Å². The predicted molar refractivity (Wildman–Crippen MR) is 87.6 cm³/mol. The summed E-state index contributed by atoms with van der Waals surface area (Å²) in [4.78, 5) is 16.0. The third-order valence-corrected chi connectivity index (χ3v) is 3.40. The molecular formula is C17H17N5O. The van der Waals surface area contributed by atoms with Crippen LogP contribution in [-0.2, 0) is 11.3 Å². The number of benzene rings is 1. The molecule has 23 heavy (non-hydrogen) atoms. The molecule has 0 bridgehead atoms. The van der Waals surface area contributed by atoms with E-state index >= 15 is 0 Å². The first-order valence-electron chi connectivity index (χ1n) is 7.26. The molecule has 0 aliphatic carbocycles. The molecule has 3 aromatic rings. The topological polar surface area (TPSA) is 85.8 Å². The Labute approximate surface area is 134 Å². The van der Waals surface area contributed by atoms with Crippen molar-refractivity contribution in [2.24, 2.45) is 5.73 Å². The summed E-state index contributed by atoms with van der Waals surface area (Å²) in [5.41, 5.74) is 7.22. The lowest BCUT2D eigenvalue weighted by Gasteiger charge is -2.15. The Morgan fingerprint density at radius 1 is 1.13 bits per heavy atom. The average Bonchev–Trinajstić information content (AvgIpc) is 3.01. The van der Waals surface area contributed by atoms with Crippen molar-refractivity contribution < 1.29 is 4.79 Å². The Bertz CT molecular complexity index is 770. The molecule has 0 aliphatic rings. The number of nitrogens with one attached hydrogen (secondary N) is 1. The number of amides is 1. The van der Waals surface area contributed by atoms with Gasteiger partial charge in [-0.05, 0) is 17.7 Å². The van der Waals surface area contributed by atoms with E-state index in [1.807, 2.05) is 60.8 Å². The average molecular weight is 307 g/mol. The highest BCUT2D eigenvalue weighted by Gasteiger charge is 2.18. The second kappa shape index (κ2) is 6.74. The summed E-state index contributed by atoms with van der Waals surface area (Å²) < 4.78 is 1.76. The van der Waals surface area contributed by atoms with E-state index < -0.39 is 11.9 Å². The molecular weight excluding hydrogens is 290 g/mol. The minimum atomic E-state index is -0.616. The molecule has 3 N–H and O–H groups in total. The van der Waals surface area contributed by atoms with Crippen molar-refractivity contribution in [3.05, 3.63) is 78.2 Å². The molecule has 6 nitrogen and oxygen atoms in total. The van der Waals surface area contributed by atoms with Gasteiger partial charge >= 0.3 is 0 Å². The highest BCUT2D eigenvalue weighted by Crippen LogP contribution is 2.18. The van der Waals surface area contributed by atoms with Gasteiger partial charge in [-0.3, -0.25) is 14.5 Å². The molecule has 2 heterocycles. The smallest absolute Gasteiger partial charge is 0.244 e. The van der Waals surface area contributed by atoms with Gasteiger partial charge in [-0.25, -0.2) is 0 Å². The first kappa shape index (κ1) is 14.8. The summed E-state index contributed by atoms with van der Waals surface area (Å²) >= 11 is 0. The van der Waals surface area contributed by atoms with Crippen molar-refractivity contribution in [1.29, 1.82) is 0 Å². The third-order valence-electron chi connectivity index (χ3n) is 3.40. The van der Waals surface area contributed by atoms with Crippen LogP contribution < -0.4 is 11.1 Å². The van der Waals surface area contributed by atoms with Crippen molar-refractivity contribution in [1.82, 2.24) is 14.8 Å². The Balaban J connectivity index is 1.73. The highest BCUT2D eigenvalue weighted by atomic mass is 16.1. The van der Waals surface area contributed by atoms with E-state index in [2.05, 4.69) is 15.4 Å². The van der Waals surface area contributed by atoms with Crippen molar-refractivity contribution in [3.8, 4) is 0 Å². The van der Waals surface area contributed by atoms with Crippen LogP contribution in [-0.4, -0.2) is 20.7 Å². The molecule has 0 spiro atoms. The van der Waals surface area contributed by atoms with Crippen molar-refractivity contribution in [2.45, 2.75) is 12.6 Å². The number of hydrogen-bond donors (Lipinski definition) is 2. The van der Waals surface area contributed by atoms with Crippen LogP contribution in [0.25, 0.3) is 0 Å². The normalized spacial score (nSPS) is 11.8. The third kappa shape index (κ3) is 3.74. The Hall–Kier alpha value is -3.15. The largest absolute Gasteiger partial charge is 0.368 e. The first-order chi connectivity index (χ1) is 11.2. The molecule has 2 aromatic heterocycles. The number of pyridine rings is 1. The quantitative estimate of drug-likeness (QED) is 0.729. The summed E-state index contributed by atoms with van der Waals surface area (Å²) in [6, 6.07) is 16.3. The van der Waals surface area contributed by atoms with E-state index in [-0.39, 0.29) is 0 Å². The standard InChI is InChI=1S/C17H17N5O/c18-17(23)16(13-6-2-1-3-7-13)20-15-9-11-22(21-15)12-14-8-4-5-10-19-14/h1-11,16H,12H2,(H2,18,23)(H,20,21). The van der Waals surface area contributed by atoms with Crippen LogP contribution in [0.3, 0.4) is 0 Å². The van der Waals surface area contributed by atoms with Gasteiger partial charge in [0.25, 0.3) is 0 Å². The van der Waals surface area contributed by atoms with Gasteiger partial charge < -0.3 is 11.1 Å². The van der Waals surface area contributed by atoms with Gasteiger partial charge in [-0.15, -0.1) is 0 Å². The van der Waals surface area contributed by atoms with Gasteiger partial charge in [0.1, 0.15) is 11.9 Å². The lowest BCUT2D eigenvalue weighted by molar-refractivity contribution is -0.118. The summed E-state index contributed by atoms with van der Waals surface area (Å²) in [6.07, 6.45) is 3.58. The Morgan fingerprint density at radius 3 is 2.61 bits per heavy atom. The van der Waals surface area contributed by atoms with Gasteiger partial charge in [0.2, 0.25) is 5.91 Å². The zero-order valence-electron chi connectivity index (χ0n) is 12.5. The highest BCUT2D eigenvalue weighted by molar-refractivity contribution is 5.84. The lowest BCUT2D eigenvalue weighted by Crippen LogP contribution is -2.27. The second-order valence-electron chi connectivity index (χ2n) is 5.11. The molecule has 6 heteroatoms. The van der Waals surface area contributed by atoms with E-state index in [0.717, 1.165) is 11.3 Å². The number of carbonyl (C=O) groups is 1. The number of nitrogens with zero attached hydrogens (tertiary/aromatic N) is 3. The van der Waals surface area contributed by atoms with Crippen LogP contribution in [0, 0.1) is 0 Å². The lowest BCUT2D eigenvalue weighted by atomic mass is 10.1. The van der Waals surface area contributed by atoms with Crippen molar-refractivity contribution >= 4 is 11.7 Å². The summed E-state index contributed by atoms with van der Waals surface area (Å²) in [7, 11) is 0. The van der Waals surface area contributed by atoms with Crippen LogP contribution in [0.2, 0.25) is 0 Å². The molecule has 0 aliphatic heterocycles. The number of carbonyl (C=O) groups excluding carboxylic acids is 1. The molecule has 116 valence electrons. The first-order valence-corrected chi connectivity index (χ1v) is 7.26. The number of nitrogens with two attached hydrogens (primary N) is 1. The molecule has 1 unspecified atom stereocenters. The fourth-order valence-electron chi connectivity index (χ4n) is 2.30. The van der Waals surface area contributed by atoms with Crippen LogP contribution in [0.5, 0.6) is 0 Å². The summed E-state index contributed by atoms with van der Waals surface area (Å²) in [6.45, 7) is 0.565. The van der Waals surface area contributed by atoms with E-state index in [0.29, 0.717) is 12.4 Å². The van der Waals surface area contributed by atoms with E-state index in [1.54, 1.807) is 10.9 Å². The SMILES string of the molecule is NC(=O)C(Nc1ccn(Cc2ccccn2)n1)c1ccccc1. The number of anilines is 1. The van der Waals surface area contributed by atoms with E-state index in [1.165, 1.54) is 0 Å². The number of hydrogen-bond acceptors (Lipinski definition) is 4. The number of rotatable bonds is 6. The van der Waals surface area contributed by atoms with Crippen LogP contribution in [0.15, 0.2) is 67.0 Å². The maximum atomic E-state index is 11.7. The predicted octanol–water partition coefficient (Wildman–Crippen LogP) is 1.96. The van der Waals surface area contributed by atoms with Crippen LogP contribution in [0.4, 0.5) is 5.82 Å². The molecule has 0 fully saturated rings. The van der Waals surface area contributed by atoms with Gasteiger partial charge in [0.05, 0.1) is 12.2 Å². The van der Waals surface area contributed by atoms with Gasteiger partial charge in [0, 0.05) is 18.5 Å². The molecule has 1 atom stereocenters. The summed E-state index contributed by atoms with van der Waals surface area (Å²) in [5, 5.41) is 7.49. The molecule has 0 saturated carbocycles. The molecule has 1 aromatic carbocycles. The van der Waals surface area contributed by atoms with E-state index in [4.69, 9.17) is 5.73 Å². The second-order valence-corrected chi connectivity index (χ2v) is 5.11. The summed E-state index contributed by atoms with van der Waals surface area (Å²) in [5.74, 6) is 0.143. The maximum absolute atomic E-state index is 11.7. The molecule has 3 rings (SSSR count). The Morgan fingerprint density at radius 2 is 1.91 bits per heavy atom. The van der Waals surface area contributed by atoms with Gasteiger partial charge in [-0.1, -0.05) is 36.4 Å². The maximum Gasteiger partial charge on any atom is 0.244 e.